The van der Waals surface area contributed by atoms with Gasteiger partial charge in [-0.25, -0.2) is 0 Å². The van der Waals surface area contributed by atoms with Crippen LogP contribution in [0.2, 0.25) is 0 Å². The molecule has 1 aliphatic heterocycles. The van der Waals surface area contributed by atoms with Crippen molar-refractivity contribution in [2.24, 2.45) is 0 Å². The number of benzene rings is 2. The van der Waals surface area contributed by atoms with Gasteiger partial charge in [0, 0.05) is 18.9 Å². The Labute approximate surface area is 181 Å². The Bertz CT molecular complexity index is 1000. The van der Waals surface area contributed by atoms with E-state index in [1.54, 1.807) is 30.3 Å². The number of methoxy groups -OCH3 is 3. The zero-order valence-corrected chi connectivity index (χ0v) is 18.1. The number of carbonyl (C=O) groups excluding carboxylic acids is 2. The molecule has 1 heterocycles. The zero-order chi connectivity index (χ0) is 22.4. The summed E-state index contributed by atoms with van der Waals surface area (Å²) in [5.74, 6) is 0.819. The molecule has 1 N–H and O–H groups in total. The molecule has 0 aliphatic carbocycles. The van der Waals surface area contributed by atoms with Gasteiger partial charge in [-0.3, -0.25) is 14.5 Å². The first-order valence-electron chi connectivity index (χ1n) is 9.85. The van der Waals surface area contributed by atoms with Crippen molar-refractivity contribution in [3.05, 3.63) is 53.7 Å². The van der Waals surface area contributed by atoms with Crippen LogP contribution >= 0.6 is 0 Å². The Morgan fingerprint density at radius 1 is 0.935 bits per heavy atom. The van der Waals surface area contributed by atoms with E-state index in [4.69, 9.17) is 18.9 Å². The van der Waals surface area contributed by atoms with Crippen molar-refractivity contribution in [1.82, 2.24) is 4.90 Å². The number of nitrogens with zero attached hydrogens (tertiary/aromatic N) is 1. The Hall–Kier alpha value is -3.52. The number of hydrogen-bond acceptors (Lipinski definition) is 7. The van der Waals surface area contributed by atoms with E-state index in [2.05, 4.69) is 5.32 Å². The average molecular weight is 426 g/mol. The molecule has 0 saturated carbocycles. The van der Waals surface area contributed by atoms with Crippen molar-refractivity contribution in [3.63, 3.8) is 0 Å². The van der Waals surface area contributed by atoms with Crippen molar-refractivity contribution in [1.29, 1.82) is 0 Å². The second-order valence-electron chi connectivity index (χ2n) is 6.66. The molecule has 31 heavy (non-hydrogen) atoms. The fraction of sp³-hybridized carbons (Fsp3) is 0.304. The molecule has 3 rings (SSSR count). The van der Waals surface area contributed by atoms with Crippen LogP contribution in [0.25, 0.3) is 5.57 Å². The maximum Gasteiger partial charge on any atom is 0.278 e. The number of anilines is 1. The monoisotopic (exact) mass is 426 g/mol. The van der Waals surface area contributed by atoms with Gasteiger partial charge in [0.05, 0.1) is 39.6 Å². The Balaban J connectivity index is 2.06. The first-order chi connectivity index (χ1) is 15.0. The molecule has 164 valence electrons. The van der Waals surface area contributed by atoms with Crippen LogP contribution in [-0.4, -0.2) is 57.8 Å². The van der Waals surface area contributed by atoms with E-state index >= 15 is 0 Å². The summed E-state index contributed by atoms with van der Waals surface area (Å²) in [5, 5.41) is 3.12. The number of nitrogens with one attached hydrogen (secondary N) is 1. The van der Waals surface area contributed by atoms with Crippen LogP contribution in [-0.2, 0) is 14.3 Å². The van der Waals surface area contributed by atoms with Gasteiger partial charge < -0.3 is 24.3 Å². The predicted molar refractivity (Wildman–Crippen MR) is 116 cm³/mol. The summed E-state index contributed by atoms with van der Waals surface area (Å²) in [7, 11) is 4.57. The summed E-state index contributed by atoms with van der Waals surface area (Å²) in [6, 6.07) is 12.3. The second-order valence-corrected chi connectivity index (χ2v) is 6.66. The average Bonchev–Trinajstić information content (AvgIpc) is 3.01. The quantitative estimate of drug-likeness (QED) is 0.585. The fourth-order valence-electron chi connectivity index (χ4n) is 3.31. The highest BCUT2D eigenvalue weighted by Crippen LogP contribution is 2.35. The van der Waals surface area contributed by atoms with Crippen LogP contribution in [0.3, 0.4) is 0 Å². The third-order valence-electron chi connectivity index (χ3n) is 4.77. The Kier molecular flexibility index (Phi) is 7.15. The Morgan fingerprint density at radius 3 is 2.39 bits per heavy atom. The van der Waals surface area contributed by atoms with Gasteiger partial charge in [0.25, 0.3) is 11.8 Å². The number of amides is 2. The lowest BCUT2D eigenvalue weighted by Crippen LogP contribution is -2.35. The molecule has 1 aliphatic rings. The van der Waals surface area contributed by atoms with Gasteiger partial charge in [-0.1, -0.05) is 12.1 Å². The van der Waals surface area contributed by atoms with Gasteiger partial charge in [-0.15, -0.1) is 0 Å². The minimum absolute atomic E-state index is 0.148. The molecule has 0 unspecified atom stereocenters. The summed E-state index contributed by atoms with van der Waals surface area (Å²) >= 11 is 0. The van der Waals surface area contributed by atoms with Crippen LogP contribution < -0.4 is 19.5 Å². The minimum atomic E-state index is -0.423. The predicted octanol–water partition coefficient (Wildman–Crippen LogP) is 2.94. The Morgan fingerprint density at radius 2 is 1.71 bits per heavy atom. The van der Waals surface area contributed by atoms with E-state index in [-0.39, 0.29) is 24.4 Å². The summed E-state index contributed by atoms with van der Waals surface area (Å²) in [6.07, 6.45) is 0. The molecule has 2 aromatic rings. The number of rotatable bonds is 10. The molecule has 0 saturated heterocycles. The van der Waals surface area contributed by atoms with Gasteiger partial charge >= 0.3 is 0 Å². The summed E-state index contributed by atoms with van der Waals surface area (Å²) in [4.78, 5) is 27.5. The van der Waals surface area contributed by atoms with Crippen LogP contribution in [0.4, 0.5) is 5.69 Å². The van der Waals surface area contributed by atoms with Crippen LogP contribution in [0.5, 0.6) is 17.2 Å². The van der Waals surface area contributed by atoms with Gasteiger partial charge in [0.15, 0.2) is 11.5 Å². The molecule has 8 nitrogen and oxygen atoms in total. The minimum Gasteiger partial charge on any atom is -0.494 e. The number of ether oxygens (including phenoxy) is 4. The van der Waals surface area contributed by atoms with Gasteiger partial charge in [0.2, 0.25) is 0 Å². The molecule has 0 bridgehead atoms. The lowest BCUT2D eigenvalue weighted by atomic mass is 10.0. The first-order valence-corrected chi connectivity index (χ1v) is 9.85. The van der Waals surface area contributed by atoms with Gasteiger partial charge in [0.1, 0.15) is 11.4 Å². The standard InChI is InChI=1S/C23H26N2O6/c1-5-31-17-8-6-7-16(14-17)24-21-20(22(26)25(23(21)27)11-12-28-2)15-9-10-18(29-3)19(13-15)30-4/h6-10,13-14,24H,5,11-12H2,1-4H3. The topological polar surface area (TPSA) is 86.3 Å². The molecular formula is C23H26N2O6. The second kappa shape index (κ2) is 9.99. The molecule has 0 atom stereocenters. The van der Waals surface area contributed by atoms with Gasteiger partial charge in [-0.05, 0) is 36.8 Å². The van der Waals surface area contributed by atoms with E-state index in [1.165, 1.54) is 26.2 Å². The highest BCUT2D eigenvalue weighted by atomic mass is 16.5. The van der Waals surface area contributed by atoms with E-state index in [0.29, 0.717) is 35.1 Å². The maximum atomic E-state index is 13.2. The number of hydrogen-bond donors (Lipinski definition) is 1. The molecule has 0 aromatic heterocycles. The van der Waals surface area contributed by atoms with Crippen molar-refractivity contribution in [3.8, 4) is 17.2 Å². The molecule has 0 fully saturated rings. The first kappa shape index (κ1) is 22.2. The lowest BCUT2D eigenvalue weighted by Gasteiger charge is -2.14. The van der Waals surface area contributed by atoms with Crippen LogP contribution in [0.1, 0.15) is 12.5 Å². The van der Waals surface area contributed by atoms with E-state index in [9.17, 15) is 9.59 Å². The van der Waals surface area contributed by atoms with Crippen LogP contribution in [0.15, 0.2) is 48.2 Å². The summed E-state index contributed by atoms with van der Waals surface area (Å²) in [5.41, 5.74) is 1.61. The summed E-state index contributed by atoms with van der Waals surface area (Å²) < 4.78 is 21.3. The molecule has 2 aromatic carbocycles. The number of carbonyl (C=O) groups is 2. The largest absolute Gasteiger partial charge is 0.494 e. The third kappa shape index (κ3) is 4.64. The van der Waals surface area contributed by atoms with E-state index < -0.39 is 11.8 Å². The van der Waals surface area contributed by atoms with Crippen LogP contribution in [0, 0.1) is 0 Å². The normalized spacial score (nSPS) is 13.6. The summed E-state index contributed by atoms with van der Waals surface area (Å²) in [6.45, 7) is 2.80. The molecular weight excluding hydrogens is 400 g/mol. The maximum absolute atomic E-state index is 13.2. The van der Waals surface area contributed by atoms with Gasteiger partial charge in [-0.2, -0.15) is 0 Å². The van der Waals surface area contributed by atoms with Crippen molar-refractivity contribution >= 4 is 23.1 Å². The lowest BCUT2D eigenvalue weighted by molar-refractivity contribution is -0.137. The highest BCUT2D eigenvalue weighted by molar-refractivity contribution is 6.36. The van der Waals surface area contributed by atoms with E-state index in [0.717, 1.165) is 0 Å². The number of imide groups is 1. The highest BCUT2D eigenvalue weighted by Gasteiger charge is 2.39. The SMILES string of the molecule is CCOc1cccc(NC2=C(c3ccc(OC)c(OC)c3)C(=O)N(CCOC)C2=O)c1. The molecule has 0 spiro atoms. The van der Waals surface area contributed by atoms with E-state index in [1.807, 2.05) is 19.1 Å². The molecule has 0 radical (unpaired) electrons. The zero-order valence-electron chi connectivity index (χ0n) is 18.1. The van der Waals surface area contributed by atoms with Crippen molar-refractivity contribution in [2.45, 2.75) is 6.92 Å². The molecule has 2 amide bonds. The third-order valence-corrected chi connectivity index (χ3v) is 4.77. The smallest absolute Gasteiger partial charge is 0.278 e. The molecule has 8 heteroatoms. The van der Waals surface area contributed by atoms with Crippen molar-refractivity contribution < 1.29 is 28.5 Å². The van der Waals surface area contributed by atoms with Crippen molar-refractivity contribution in [2.75, 3.05) is 46.4 Å². The fourth-order valence-corrected chi connectivity index (χ4v) is 3.31.